The first-order valence-electron chi connectivity index (χ1n) is 5.15. The van der Waals surface area contributed by atoms with Crippen LogP contribution in [0.5, 0.6) is 0 Å². The van der Waals surface area contributed by atoms with Gasteiger partial charge in [0.05, 0.1) is 0 Å². The monoisotopic (exact) mass is 225 g/mol. The van der Waals surface area contributed by atoms with Crippen LogP contribution in [0.25, 0.3) is 0 Å². The number of hydrogen-bond acceptors (Lipinski definition) is 1. The third-order valence-electron chi connectivity index (χ3n) is 2.55. The van der Waals surface area contributed by atoms with Crippen LogP contribution in [0.4, 0.5) is 0 Å². The third-order valence-corrected chi connectivity index (χ3v) is 2.99. The lowest BCUT2D eigenvalue weighted by atomic mass is 9.95. The number of aryl methyl sites for hydroxylation is 2. The fraction of sp³-hybridized carbons (Fsp3) is 0.417. The molecule has 0 saturated carbocycles. The minimum atomic E-state index is -0.712. The van der Waals surface area contributed by atoms with E-state index >= 15 is 0 Å². The lowest BCUT2D eigenvalue weighted by Crippen LogP contribution is -2.19. The van der Waals surface area contributed by atoms with Gasteiger partial charge in [0.2, 0.25) is 5.91 Å². The van der Waals surface area contributed by atoms with E-state index in [2.05, 4.69) is 0 Å². The minimum Gasteiger partial charge on any atom is -0.368 e. The Morgan fingerprint density at radius 1 is 1.33 bits per heavy atom. The molecule has 1 atom stereocenters. The molecule has 1 aromatic rings. The first kappa shape index (κ1) is 12.1. The fourth-order valence-electron chi connectivity index (χ4n) is 1.75. The van der Waals surface area contributed by atoms with Crippen LogP contribution in [0.3, 0.4) is 0 Å². The van der Waals surface area contributed by atoms with Crippen LogP contribution in [0.1, 0.15) is 35.9 Å². The molecule has 1 rings (SSSR count). The van der Waals surface area contributed by atoms with Gasteiger partial charge < -0.3 is 5.73 Å². The van der Waals surface area contributed by atoms with Gasteiger partial charge in [-0.25, -0.2) is 0 Å². The molecule has 0 bridgehead atoms. The van der Waals surface area contributed by atoms with E-state index in [0.717, 1.165) is 29.5 Å². The number of hydrogen-bond donors (Lipinski definition) is 1. The number of primary amides is 1. The smallest absolute Gasteiger partial charge is 0.240 e. The molecule has 0 aliphatic heterocycles. The standard InChI is InChI=1S/C12H16ClNO/c1-3-8-6-5-7-9(4-2)10(8)11(13)12(14)15/h5-7,11H,3-4H2,1-2H3,(H2,14,15). The van der Waals surface area contributed by atoms with Gasteiger partial charge >= 0.3 is 0 Å². The van der Waals surface area contributed by atoms with Gasteiger partial charge in [-0.05, 0) is 29.5 Å². The van der Waals surface area contributed by atoms with Crippen molar-refractivity contribution in [3.8, 4) is 0 Å². The van der Waals surface area contributed by atoms with E-state index in [4.69, 9.17) is 17.3 Å². The molecule has 3 heteroatoms. The Kier molecular flexibility index (Phi) is 4.15. The average molecular weight is 226 g/mol. The molecule has 0 saturated heterocycles. The normalized spacial score (nSPS) is 12.5. The van der Waals surface area contributed by atoms with Gasteiger partial charge in [-0.15, -0.1) is 11.6 Å². The highest BCUT2D eigenvalue weighted by atomic mass is 35.5. The number of carbonyl (C=O) groups is 1. The maximum atomic E-state index is 11.1. The zero-order valence-electron chi connectivity index (χ0n) is 9.09. The molecule has 1 aromatic carbocycles. The van der Waals surface area contributed by atoms with E-state index in [1.807, 2.05) is 32.0 Å². The summed E-state index contributed by atoms with van der Waals surface area (Å²) in [5.41, 5.74) is 8.35. The molecular formula is C12H16ClNO. The van der Waals surface area contributed by atoms with Crippen LogP contribution < -0.4 is 5.73 Å². The fourth-order valence-corrected chi connectivity index (χ4v) is 2.03. The molecule has 15 heavy (non-hydrogen) atoms. The van der Waals surface area contributed by atoms with Crippen molar-refractivity contribution in [3.05, 3.63) is 34.9 Å². The Labute approximate surface area is 95.4 Å². The van der Waals surface area contributed by atoms with E-state index in [9.17, 15) is 4.79 Å². The van der Waals surface area contributed by atoms with Gasteiger partial charge in [-0.2, -0.15) is 0 Å². The molecule has 1 unspecified atom stereocenters. The van der Waals surface area contributed by atoms with E-state index in [0.29, 0.717) is 0 Å². The van der Waals surface area contributed by atoms with Crippen molar-refractivity contribution in [2.24, 2.45) is 5.73 Å². The second kappa shape index (κ2) is 5.17. The molecule has 0 aliphatic carbocycles. The summed E-state index contributed by atoms with van der Waals surface area (Å²) < 4.78 is 0. The topological polar surface area (TPSA) is 43.1 Å². The third kappa shape index (κ3) is 2.51. The van der Waals surface area contributed by atoms with Crippen LogP contribution >= 0.6 is 11.6 Å². The Hall–Kier alpha value is -1.02. The lowest BCUT2D eigenvalue weighted by Gasteiger charge is -2.15. The maximum Gasteiger partial charge on any atom is 0.240 e. The molecular weight excluding hydrogens is 210 g/mol. The molecule has 82 valence electrons. The first-order valence-corrected chi connectivity index (χ1v) is 5.59. The summed E-state index contributed by atoms with van der Waals surface area (Å²) in [5.74, 6) is -0.479. The predicted molar refractivity (Wildman–Crippen MR) is 63.0 cm³/mol. The van der Waals surface area contributed by atoms with Gasteiger partial charge in [-0.3, -0.25) is 4.79 Å². The van der Waals surface area contributed by atoms with Crippen LogP contribution in [-0.2, 0) is 17.6 Å². The van der Waals surface area contributed by atoms with Crippen molar-refractivity contribution in [2.75, 3.05) is 0 Å². The Balaban J connectivity index is 3.27. The number of nitrogens with two attached hydrogens (primary N) is 1. The van der Waals surface area contributed by atoms with Gasteiger partial charge in [0.25, 0.3) is 0 Å². The Morgan fingerprint density at radius 2 is 1.80 bits per heavy atom. The zero-order valence-corrected chi connectivity index (χ0v) is 9.84. The summed E-state index contributed by atoms with van der Waals surface area (Å²) in [6, 6.07) is 5.98. The average Bonchev–Trinajstić information content (AvgIpc) is 2.26. The van der Waals surface area contributed by atoms with Crippen molar-refractivity contribution < 1.29 is 4.79 Å². The van der Waals surface area contributed by atoms with Gasteiger partial charge in [-0.1, -0.05) is 32.0 Å². The molecule has 0 heterocycles. The number of rotatable bonds is 4. The molecule has 0 aromatic heterocycles. The number of benzene rings is 1. The van der Waals surface area contributed by atoms with E-state index in [-0.39, 0.29) is 0 Å². The van der Waals surface area contributed by atoms with Gasteiger partial charge in [0.15, 0.2) is 0 Å². The van der Waals surface area contributed by atoms with Crippen molar-refractivity contribution in [2.45, 2.75) is 32.1 Å². The summed E-state index contributed by atoms with van der Waals surface area (Å²) in [5, 5.41) is -0.712. The summed E-state index contributed by atoms with van der Waals surface area (Å²) in [6.45, 7) is 4.09. The molecule has 0 fully saturated rings. The first-order chi connectivity index (χ1) is 7.11. The molecule has 1 amide bonds. The van der Waals surface area contributed by atoms with E-state index < -0.39 is 11.3 Å². The van der Waals surface area contributed by atoms with E-state index in [1.165, 1.54) is 0 Å². The molecule has 0 aliphatic rings. The van der Waals surface area contributed by atoms with Crippen LogP contribution in [-0.4, -0.2) is 5.91 Å². The molecule has 2 N–H and O–H groups in total. The molecule has 2 nitrogen and oxygen atoms in total. The second-order valence-electron chi connectivity index (χ2n) is 3.46. The highest BCUT2D eigenvalue weighted by Gasteiger charge is 2.19. The van der Waals surface area contributed by atoms with Crippen LogP contribution in [0.2, 0.25) is 0 Å². The van der Waals surface area contributed by atoms with Crippen molar-refractivity contribution in [1.82, 2.24) is 0 Å². The summed E-state index contributed by atoms with van der Waals surface area (Å²) >= 11 is 6.03. The van der Waals surface area contributed by atoms with Gasteiger partial charge in [0, 0.05) is 0 Å². The number of amides is 1. The molecule has 0 spiro atoms. The summed E-state index contributed by atoms with van der Waals surface area (Å²) in [6.07, 6.45) is 1.72. The van der Waals surface area contributed by atoms with Crippen molar-refractivity contribution in [1.29, 1.82) is 0 Å². The summed E-state index contributed by atoms with van der Waals surface area (Å²) in [4.78, 5) is 11.1. The number of alkyl halides is 1. The number of halogens is 1. The van der Waals surface area contributed by atoms with E-state index in [1.54, 1.807) is 0 Å². The largest absolute Gasteiger partial charge is 0.368 e. The second-order valence-corrected chi connectivity index (χ2v) is 3.90. The highest BCUT2D eigenvalue weighted by Crippen LogP contribution is 2.28. The Bertz CT molecular complexity index is 340. The molecule has 0 radical (unpaired) electrons. The SMILES string of the molecule is CCc1cccc(CC)c1C(Cl)C(N)=O. The van der Waals surface area contributed by atoms with Gasteiger partial charge in [0.1, 0.15) is 5.38 Å². The Morgan fingerprint density at radius 3 is 2.13 bits per heavy atom. The number of carbonyl (C=O) groups excluding carboxylic acids is 1. The quantitative estimate of drug-likeness (QED) is 0.787. The minimum absolute atomic E-state index is 0.479. The van der Waals surface area contributed by atoms with Crippen LogP contribution in [0, 0.1) is 0 Å². The highest BCUT2D eigenvalue weighted by molar-refractivity contribution is 6.30. The zero-order chi connectivity index (χ0) is 11.4. The predicted octanol–water partition coefficient (Wildman–Crippen LogP) is 2.58. The lowest BCUT2D eigenvalue weighted by molar-refractivity contribution is -0.117. The van der Waals surface area contributed by atoms with Crippen molar-refractivity contribution >= 4 is 17.5 Å². The van der Waals surface area contributed by atoms with Crippen LogP contribution in [0.15, 0.2) is 18.2 Å². The summed E-state index contributed by atoms with van der Waals surface area (Å²) in [7, 11) is 0. The maximum absolute atomic E-state index is 11.1. The van der Waals surface area contributed by atoms with Crippen molar-refractivity contribution in [3.63, 3.8) is 0 Å².